The van der Waals surface area contributed by atoms with Crippen LogP contribution in [0.5, 0.6) is 17.2 Å². The molecule has 4 rings (SSSR count). The number of carbonyl (C=O) groups excluding carboxylic acids is 2. The van der Waals surface area contributed by atoms with E-state index in [0.29, 0.717) is 38.9 Å². The maximum atomic E-state index is 12.9. The summed E-state index contributed by atoms with van der Waals surface area (Å²) in [6.07, 6.45) is 1.62. The highest BCUT2D eigenvalue weighted by atomic mass is 79.9. The maximum Gasteiger partial charge on any atom is 0.293 e. The van der Waals surface area contributed by atoms with Gasteiger partial charge in [0.05, 0.1) is 27.5 Å². The van der Waals surface area contributed by atoms with Crippen LogP contribution >= 0.6 is 39.3 Å². The third-order valence-electron chi connectivity index (χ3n) is 5.43. The van der Waals surface area contributed by atoms with Crippen LogP contribution in [0.25, 0.3) is 6.08 Å². The van der Waals surface area contributed by atoms with Crippen LogP contribution in [0.4, 0.5) is 10.5 Å². The SMILES string of the molecule is CCOc1cc(/C=C2\SC(=O)N(CCOc3ccc(Cl)cc3)C2=O)cc(Br)c1OCc1ccc([N+](=O)[O-])cc1. The van der Waals surface area contributed by atoms with E-state index in [0.717, 1.165) is 22.2 Å². The van der Waals surface area contributed by atoms with Gasteiger partial charge in [0.25, 0.3) is 16.8 Å². The van der Waals surface area contributed by atoms with Crippen LogP contribution in [0.3, 0.4) is 0 Å². The van der Waals surface area contributed by atoms with Gasteiger partial charge in [-0.25, -0.2) is 0 Å². The van der Waals surface area contributed by atoms with Gasteiger partial charge in [-0.05, 0) is 100 Å². The summed E-state index contributed by atoms with van der Waals surface area (Å²) in [5.41, 5.74) is 1.38. The molecule has 1 heterocycles. The first-order valence-electron chi connectivity index (χ1n) is 11.7. The molecule has 1 fully saturated rings. The number of thioether (sulfide) groups is 1. The number of amides is 2. The van der Waals surface area contributed by atoms with Crippen LogP contribution < -0.4 is 14.2 Å². The van der Waals surface area contributed by atoms with E-state index in [1.54, 1.807) is 54.6 Å². The third-order valence-corrected chi connectivity index (χ3v) is 7.18. The molecule has 0 aliphatic carbocycles. The zero-order chi connectivity index (χ0) is 27.9. The summed E-state index contributed by atoms with van der Waals surface area (Å²) in [6, 6.07) is 16.4. The van der Waals surface area contributed by atoms with Crippen molar-refractivity contribution in [3.05, 3.63) is 96.3 Å². The molecule has 0 atom stereocenters. The number of imide groups is 1. The predicted molar refractivity (Wildman–Crippen MR) is 152 cm³/mol. The Hall–Kier alpha value is -3.54. The Balaban J connectivity index is 1.44. The van der Waals surface area contributed by atoms with Gasteiger partial charge in [-0.3, -0.25) is 24.6 Å². The van der Waals surface area contributed by atoms with Crippen molar-refractivity contribution in [2.24, 2.45) is 0 Å². The second-order valence-electron chi connectivity index (χ2n) is 8.11. The topological polar surface area (TPSA) is 108 Å². The number of halogens is 2. The van der Waals surface area contributed by atoms with Crippen molar-refractivity contribution in [2.45, 2.75) is 13.5 Å². The normalized spacial score (nSPS) is 14.1. The highest BCUT2D eigenvalue weighted by Gasteiger charge is 2.35. The minimum absolute atomic E-state index is 0.00205. The fourth-order valence-electron chi connectivity index (χ4n) is 3.57. The molecule has 0 saturated carbocycles. The lowest BCUT2D eigenvalue weighted by molar-refractivity contribution is -0.384. The van der Waals surface area contributed by atoms with Gasteiger partial charge < -0.3 is 14.2 Å². The number of rotatable bonds is 11. The molecular weight excluding hydrogens is 612 g/mol. The van der Waals surface area contributed by atoms with Crippen molar-refractivity contribution in [2.75, 3.05) is 19.8 Å². The molecule has 12 heteroatoms. The Kier molecular flexibility index (Phi) is 9.50. The summed E-state index contributed by atoms with van der Waals surface area (Å²) < 4.78 is 17.9. The number of hydrogen-bond acceptors (Lipinski definition) is 8. The van der Waals surface area contributed by atoms with Gasteiger partial charge in [0, 0.05) is 17.2 Å². The first-order chi connectivity index (χ1) is 18.7. The average Bonchev–Trinajstić information content (AvgIpc) is 3.17. The summed E-state index contributed by atoms with van der Waals surface area (Å²) in [7, 11) is 0. The molecule has 1 saturated heterocycles. The van der Waals surface area contributed by atoms with E-state index in [9.17, 15) is 19.7 Å². The fourth-order valence-corrected chi connectivity index (χ4v) is 5.14. The maximum absolute atomic E-state index is 12.9. The smallest absolute Gasteiger partial charge is 0.293 e. The molecule has 1 aliphatic rings. The van der Waals surface area contributed by atoms with Crippen molar-refractivity contribution in [3.63, 3.8) is 0 Å². The number of nitrogens with zero attached hydrogens (tertiary/aromatic N) is 2. The van der Waals surface area contributed by atoms with Gasteiger partial charge in [0.2, 0.25) is 0 Å². The first kappa shape index (κ1) is 28.5. The van der Waals surface area contributed by atoms with E-state index < -0.39 is 10.8 Å². The summed E-state index contributed by atoms with van der Waals surface area (Å²) in [4.78, 5) is 37.3. The van der Waals surface area contributed by atoms with Gasteiger partial charge in [-0.1, -0.05) is 11.6 Å². The van der Waals surface area contributed by atoms with E-state index in [2.05, 4.69) is 15.9 Å². The molecule has 1 aliphatic heterocycles. The number of hydrogen-bond donors (Lipinski definition) is 0. The van der Waals surface area contributed by atoms with Crippen LogP contribution in [0.1, 0.15) is 18.1 Å². The number of benzene rings is 3. The number of ether oxygens (including phenoxy) is 3. The zero-order valence-electron chi connectivity index (χ0n) is 20.6. The van der Waals surface area contributed by atoms with Crippen molar-refractivity contribution in [1.29, 1.82) is 0 Å². The minimum Gasteiger partial charge on any atom is -0.492 e. The number of carbonyl (C=O) groups is 2. The Labute approximate surface area is 242 Å². The molecule has 3 aromatic rings. The molecular formula is C27H22BrClN2O7S. The molecule has 2 amide bonds. The molecule has 3 aromatic carbocycles. The highest BCUT2D eigenvalue weighted by molar-refractivity contribution is 9.10. The Morgan fingerprint density at radius 1 is 1.05 bits per heavy atom. The van der Waals surface area contributed by atoms with Crippen LogP contribution in [0.2, 0.25) is 5.02 Å². The number of nitro benzene ring substituents is 1. The molecule has 0 aromatic heterocycles. The summed E-state index contributed by atoms with van der Waals surface area (Å²) >= 11 is 10.2. The van der Waals surface area contributed by atoms with Crippen LogP contribution in [0.15, 0.2) is 70.0 Å². The van der Waals surface area contributed by atoms with E-state index in [1.165, 1.54) is 12.1 Å². The second kappa shape index (κ2) is 13.0. The van der Waals surface area contributed by atoms with Crippen molar-refractivity contribution >= 4 is 62.2 Å². The van der Waals surface area contributed by atoms with E-state index >= 15 is 0 Å². The molecule has 0 unspecified atom stereocenters. The fraction of sp³-hybridized carbons (Fsp3) is 0.185. The second-order valence-corrected chi connectivity index (χ2v) is 10.4. The molecule has 9 nitrogen and oxygen atoms in total. The highest BCUT2D eigenvalue weighted by Crippen LogP contribution is 2.39. The summed E-state index contributed by atoms with van der Waals surface area (Å²) in [5.74, 6) is 1.07. The lowest BCUT2D eigenvalue weighted by Crippen LogP contribution is -2.32. The molecule has 0 radical (unpaired) electrons. The first-order valence-corrected chi connectivity index (χ1v) is 13.7. The zero-order valence-corrected chi connectivity index (χ0v) is 23.8. The lowest BCUT2D eigenvalue weighted by Gasteiger charge is -2.15. The average molecular weight is 634 g/mol. The van der Waals surface area contributed by atoms with Crippen molar-refractivity contribution in [1.82, 2.24) is 4.90 Å². The number of nitro groups is 1. The van der Waals surface area contributed by atoms with Crippen LogP contribution in [0, 0.1) is 10.1 Å². The number of non-ortho nitro benzene ring substituents is 1. The quantitative estimate of drug-likeness (QED) is 0.125. The summed E-state index contributed by atoms with van der Waals surface area (Å²) in [6.45, 7) is 2.61. The van der Waals surface area contributed by atoms with Gasteiger partial charge >= 0.3 is 0 Å². The monoisotopic (exact) mass is 632 g/mol. The third kappa shape index (κ3) is 7.31. The molecule has 0 N–H and O–H groups in total. The van der Waals surface area contributed by atoms with E-state index in [-0.39, 0.29) is 35.6 Å². The predicted octanol–water partition coefficient (Wildman–Crippen LogP) is 7.10. The molecule has 39 heavy (non-hydrogen) atoms. The van der Waals surface area contributed by atoms with Crippen LogP contribution in [-0.2, 0) is 11.4 Å². The standard InChI is InChI=1S/C27H22BrClN2O7S/c1-2-36-23-14-18(13-22(28)25(23)38-16-17-3-7-20(8-4-17)31(34)35)15-24-26(32)30(27(33)39-24)11-12-37-21-9-5-19(29)6-10-21/h3-10,13-15H,2,11-12,16H2,1H3/b24-15-. The van der Waals surface area contributed by atoms with Crippen molar-refractivity contribution in [3.8, 4) is 17.2 Å². The van der Waals surface area contributed by atoms with Crippen LogP contribution in [-0.4, -0.2) is 40.7 Å². The Morgan fingerprint density at radius 3 is 2.44 bits per heavy atom. The Bertz CT molecular complexity index is 1410. The lowest BCUT2D eigenvalue weighted by atomic mass is 10.1. The molecule has 202 valence electrons. The van der Waals surface area contributed by atoms with Gasteiger partial charge in [-0.2, -0.15) is 0 Å². The molecule has 0 bridgehead atoms. The Morgan fingerprint density at radius 2 is 1.77 bits per heavy atom. The van der Waals surface area contributed by atoms with E-state index in [1.807, 2.05) is 6.92 Å². The largest absolute Gasteiger partial charge is 0.492 e. The van der Waals surface area contributed by atoms with Gasteiger partial charge in [0.1, 0.15) is 19.0 Å². The minimum atomic E-state index is -0.461. The van der Waals surface area contributed by atoms with Gasteiger partial charge in [-0.15, -0.1) is 0 Å². The summed E-state index contributed by atoms with van der Waals surface area (Å²) in [5, 5.41) is 11.1. The molecule has 0 spiro atoms. The van der Waals surface area contributed by atoms with Gasteiger partial charge in [0.15, 0.2) is 11.5 Å². The van der Waals surface area contributed by atoms with E-state index in [4.69, 9.17) is 25.8 Å². The van der Waals surface area contributed by atoms with Crippen molar-refractivity contribution < 1.29 is 28.7 Å².